The van der Waals surface area contributed by atoms with Gasteiger partial charge in [-0.25, -0.2) is 9.37 Å². The van der Waals surface area contributed by atoms with Gasteiger partial charge in [0.2, 0.25) is 11.8 Å². The van der Waals surface area contributed by atoms with Gasteiger partial charge in [0, 0.05) is 82.3 Å². The lowest BCUT2D eigenvalue weighted by molar-refractivity contribution is -0.141. The summed E-state index contributed by atoms with van der Waals surface area (Å²) in [6, 6.07) is 19.3. The summed E-state index contributed by atoms with van der Waals surface area (Å²) in [5.41, 5.74) is 6.78. The van der Waals surface area contributed by atoms with E-state index in [2.05, 4.69) is 54.5 Å². The van der Waals surface area contributed by atoms with E-state index in [0.717, 1.165) is 103 Å². The Morgan fingerprint density at radius 1 is 0.924 bits per heavy atom. The molecule has 0 radical (unpaired) electrons. The van der Waals surface area contributed by atoms with Crippen LogP contribution in [0.2, 0.25) is 0 Å². The number of halogens is 1. The van der Waals surface area contributed by atoms with Gasteiger partial charge >= 0.3 is 6.01 Å². The van der Waals surface area contributed by atoms with E-state index in [1.165, 1.54) is 0 Å². The normalized spacial score (nSPS) is 20.8. The Balaban J connectivity index is 0.636. The number of hydrogen-bond donors (Lipinski definition) is 3. The summed E-state index contributed by atoms with van der Waals surface area (Å²) in [6.45, 7) is 16.1. The molecular weight excluding hydrogens is 1020 g/mol. The quantitative estimate of drug-likeness (QED) is 0.0784. The molecule has 414 valence electrons. The zero-order valence-corrected chi connectivity index (χ0v) is 46.5. The maximum absolute atomic E-state index is 17.1. The van der Waals surface area contributed by atoms with Crippen LogP contribution in [0.25, 0.3) is 43.4 Å². The van der Waals surface area contributed by atoms with Gasteiger partial charge in [-0.15, -0.1) is 11.3 Å². The third kappa shape index (κ3) is 10.7. The fourth-order valence-corrected chi connectivity index (χ4v) is 13.5. The Morgan fingerprint density at radius 3 is 2.44 bits per heavy atom. The van der Waals surface area contributed by atoms with Gasteiger partial charge in [-0.3, -0.25) is 19.5 Å². The second-order valence-corrected chi connectivity index (χ2v) is 23.4. The van der Waals surface area contributed by atoms with Crippen molar-refractivity contribution in [3.63, 3.8) is 0 Å². The number of likely N-dealkylation sites (tertiary alicyclic amines) is 2. The number of carbonyl (C=O) groups excluding carboxylic acids is 2. The Bertz CT molecular complexity index is 3350. The number of amides is 2. The molecule has 3 aromatic carbocycles. The predicted octanol–water partition coefficient (Wildman–Crippen LogP) is 8.97. The highest BCUT2D eigenvalue weighted by molar-refractivity contribution is 7.13. The molecule has 5 unspecified atom stereocenters. The largest absolute Gasteiger partial charge is 0.508 e. The first-order valence-corrected chi connectivity index (χ1v) is 29.2. The number of rotatable bonds is 17. The van der Waals surface area contributed by atoms with Gasteiger partial charge in [-0.2, -0.15) is 9.97 Å². The van der Waals surface area contributed by atoms with Crippen molar-refractivity contribution in [2.75, 3.05) is 68.8 Å². The minimum absolute atomic E-state index is 0.0413. The van der Waals surface area contributed by atoms with Gasteiger partial charge in [0.15, 0.2) is 17.4 Å². The molecule has 17 nitrogen and oxygen atoms in total. The summed E-state index contributed by atoms with van der Waals surface area (Å²) in [6.07, 6.45) is 7.87. The molecule has 2 amide bonds. The molecule has 9 heterocycles. The highest BCUT2D eigenvalue weighted by Crippen LogP contribution is 2.40. The number of benzene rings is 3. The Hall–Kier alpha value is -6.80. The van der Waals surface area contributed by atoms with Gasteiger partial charge < -0.3 is 44.4 Å². The fourth-order valence-electron chi connectivity index (χ4n) is 12.7. The summed E-state index contributed by atoms with van der Waals surface area (Å²) in [4.78, 5) is 56.5. The van der Waals surface area contributed by atoms with Crippen LogP contribution in [-0.2, 0) is 20.7 Å². The van der Waals surface area contributed by atoms with Crippen molar-refractivity contribution in [3.05, 3.63) is 101 Å². The molecule has 0 saturated carbocycles. The van der Waals surface area contributed by atoms with E-state index in [-0.39, 0.29) is 59.0 Å². The summed E-state index contributed by atoms with van der Waals surface area (Å²) in [5.74, 6) is 0.364. The molecule has 5 aliphatic heterocycles. The number of hydrogen-bond acceptors (Lipinski definition) is 16. The zero-order chi connectivity index (χ0) is 54.5. The summed E-state index contributed by atoms with van der Waals surface area (Å²) >= 11 is 1.61. The number of piperazine rings is 1. The first-order chi connectivity index (χ1) is 38.3. The molecule has 7 aromatic rings. The minimum Gasteiger partial charge on any atom is -0.508 e. The average molecular weight is 1090 g/mol. The highest BCUT2D eigenvalue weighted by atomic mass is 32.1. The SMILES string of the molecule is CCc1cccc2cc(O)cc(-c3ncc4c(N5CC6CCC(C5)N6)nc(OCCN5CCC(OC6CN(c7cc(C(C(=O)N8CCCC8C(=O)NC(C)c8ccc(-c9scnc9C)cc8)C(C)C)on7)C6)CC5)nc4c3F)c12. The molecule has 5 fully saturated rings. The maximum Gasteiger partial charge on any atom is 0.319 e. The van der Waals surface area contributed by atoms with Gasteiger partial charge in [0.25, 0.3) is 0 Å². The Labute approximate surface area is 463 Å². The number of piperidine rings is 1. The number of pyridine rings is 1. The minimum atomic E-state index is -0.579. The van der Waals surface area contributed by atoms with Crippen LogP contribution in [0.3, 0.4) is 0 Å². The van der Waals surface area contributed by atoms with Gasteiger partial charge in [-0.05, 0) is 104 Å². The number of phenolic OH excluding ortho intramolecular Hbond substituents is 1. The number of ether oxygens (including phenoxy) is 2. The van der Waals surface area contributed by atoms with Crippen molar-refractivity contribution in [1.82, 2.24) is 45.5 Å². The van der Waals surface area contributed by atoms with E-state index in [4.69, 9.17) is 28.9 Å². The lowest BCUT2D eigenvalue weighted by Crippen LogP contribution is -2.54. The number of aromatic hydroxyl groups is 1. The number of phenols is 1. The van der Waals surface area contributed by atoms with Crippen LogP contribution >= 0.6 is 11.3 Å². The number of nitrogens with one attached hydrogen (secondary N) is 2. The van der Waals surface area contributed by atoms with Crippen LogP contribution in [0.15, 0.2) is 76.9 Å². The molecule has 5 aliphatic rings. The average Bonchev–Trinajstić information content (AvgIpc) is 4.43. The number of fused-ring (bicyclic) bond motifs is 4. The first kappa shape index (κ1) is 52.9. The third-order valence-corrected chi connectivity index (χ3v) is 17.9. The van der Waals surface area contributed by atoms with Crippen LogP contribution < -0.4 is 25.2 Å². The van der Waals surface area contributed by atoms with E-state index >= 15 is 4.39 Å². The van der Waals surface area contributed by atoms with Crippen LogP contribution in [0.1, 0.15) is 101 Å². The number of carbonyl (C=O) groups is 2. The van der Waals surface area contributed by atoms with Crippen molar-refractivity contribution in [3.8, 4) is 33.5 Å². The molecule has 19 heteroatoms. The van der Waals surface area contributed by atoms with E-state index in [0.29, 0.717) is 79.6 Å². The van der Waals surface area contributed by atoms with Crippen LogP contribution in [-0.4, -0.2) is 141 Å². The molecule has 3 N–H and O–H groups in total. The second-order valence-electron chi connectivity index (χ2n) is 22.6. The maximum atomic E-state index is 17.1. The lowest BCUT2D eigenvalue weighted by atomic mass is 9.91. The number of anilines is 2. The molecule has 4 aromatic heterocycles. The van der Waals surface area contributed by atoms with Crippen molar-refractivity contribution in [2.45, 2.75) is 122 Å². The van der Waals surface area contributed by atoms with E-state index in [1.807, 2.05) is 69.6 Å². The van der Waals surface area contributed by atoms with Crippen LogP contribution in [0.4, 0.5) is 16.0 Å². The number of nitrogens with zero attached hydrogens (tertiary/aromatic N) is 9. The number of aromatic nitrogens is 5. The van der Waals surface area contributed by atoms with Crippen molar-refractivity contribution < 1.29 is 33.1 Å². The predicted molar refractivity (Wildman–Crippen MR) is 303 cm³/mol. The topological polar surface area (TPSA) is 187 Å². The van der Waals surface area contributed by atoms with Crippen molar-refractivity contribution in [1.29, 1.82) is 0 Å². The monoisotopic (exact) mass is 1090 g/mol. The molecule has 0 aliphatic carbocycles. The summed E-state index contributed by atoms with van der Waals surface area (Å²) < 4.78 is 35.9. The third-order valence-electron chi connectivity index (χ3n) is 16.9. The Kier molecular flexibility index (Phi) is 15.0. The van der Waals surface area contributed by atoms with E-state index in [1.54, 1.807) is 34.6 Å². The van der Waals surface area contributed by atoms with Crippen LogP contribution in [0.5, 0.6) is 11.8 Å². The van der Waals surface area contributed by atoms with Crippen molar-refractivity contribution >= 4 is 56.5 Å². The summed E-state index contributed by atoms with van der Waals surface area (Å²) in [7, 11) is 0. The number of thiazole rings is 1. The standard InChI is InChI=1S/C60H70FN11O6S/c1-6-37-9-7-10-40-25-43(73)26-46(52(37)40)54-53(61)55-47(28-62-54)57(71-29-41-16-17-42(30-71)65-41)67-60(66-55)76-24-23-69-21-18-44(19-22-69)77-45-31-70(32-45)50-27-49(78-68-50)51(34(2)3)59(75)72-20-8-11-48(72)58(74)64-35(4)38-12-14-39(15-13-38)56-36(5)63-33-79-56/h7,9-10,12-15,25-28,33-35,41-42,44-45,48,51,65,73H,6,8,11,16-24,29-32H2,1-5H3,(H,64,74). The first-order valence-electron chi connectivity index (χ1n) is 28.3. The molecule has 0 spiro atoms. The molecule has 5 saturated heterocycles. The van der Waals surface area contributed by atoms with Gasteiger partial charge in [0.05, 0.1) is 39.7 Å². The van der Waals surface area contributed by atoms with E-state index < -0.39 is 17.8 Å². The smallest absolute Gasteiger partial charge is 0.319 e. The lowest BCUT2D eigenvalue weighted by Gasteiger charge is -2.42. The summed E-state index contributed by atoms with van der Waals surface area (Å²) in [5, 5.41) is 24.3. The Morgan fingerprint density at radius 2 is 1.71 bits per heavy atom. The number of aryl methyl sites for hydroxylation is 2. The molecular formula is C60H70FN11O6S. The van der Waals surface area contributed by atoms with Gasteiger partial charge in [-0.1, -0.05) is 68.4 Å². The molecule has 2 bridgehead atoms. The van der Waals surface area contributed by atoms with Crippen molar-refractivity contribution in [2.24, 2.45) is 5.92 Å². The highest BCUT2D eigenvalue weighted by Gasteiger charge is 2.42. The van der Waals surface area contributed by atoms with Gasteiger partial charge in [0.1, 0.15) is 41.3 Å². The van der Waals surface area contributed by atoms with E-state index in [9.17, 15) is 14.7 Å². The second kappa shape index (κ2) is 22.4. The molecule has 5 atom stereocenters. The zero-order valence-electron chi connectivity index (χ0n) is 45.7. The fraction of sp³-hybridized carbons (Fsp3) is 0.483. The van der Waals surface area contributed by atoms with Crippen LogP contribution in [0, 0.1) is 18.7 Å². The molecule has 12 rings (SSSR count). The molecule has 79 heavy (non-hydrogen) atoms.